The van der Waals surface area contributed by atoms with E-state index in [-0.39, 0.29) is 17.4 Å². The number of amides is 3. The molecule has 0 radical (unpaired) electrons. The number of piperidine rings is 1. The van der Waals surface area contributed by atoms with Gasteiger partial charge in [-0.1, -0.05) is 0 Å². The zero-order valence-electron chi connectivity index (χ0n) is 20.9. The molecule has 4 N–H and O–H groups in total. The van der Waals surface area contributed by atoms with Crippen LogP contribution in [0.2, 0.25) is 0 Å². The van der Waals surface area contributed by atoms with Gasteiger partial charge in [-0.25, -0.2) is 4.98 Å². The molecule has 0 saturated carbocycles. The highest BCUT2D eigenvalue weighted by molar-refractivity contribution is 5.97. The van der Waals surface area contributed by atoms with Crippen molar-refractivity contribution in [1.29, 1.82) is 0 Å². The van der Waals surface area contributed by atoms with Crippen LogP contribution >= 0.6 is 0 Å². The third kappa shape index (κ3) is 6.21. The molecule has 11 nitrogen and oxygen atoms in total. The fraction of sp³-hybridized carbons (Fsp3) is 0.480. The van der Waals surface area contributed by atoms with E-state index in [2.05, 4.69) is 25.5 Å². The van der Waals surface area contributed by atoms with Crippen molar-refractivity contribution in [3.63, 3.8) is 0 Å². The molecular weight excluding hydrogens is 460 g/mol. The molecule has 3 heterocycles. The van der Waals surface area contributed by atoms with Crippen molar-refractivity contribution in [3.05, 3.63) is 36.0 Å². The number of likely N-dealkylation sites (tertiary alicyclic amines) is 1. The van der Waals surface area contributed by atoms with Crippen molar-refractivity contribution < 1.29 is 14.4 Å². The number of anilines is 4. The van der Waals surface area contributed by atoms with Crippen molar-refractivity contribution in [1.82, 2.24) is 19.8 Å². The van der Waals surface area contributed by atoms with Gasteiger partial charge < -0.3 is 31.1 Å². The number of carbonyl (C=O) groups excluding carboxylic acids is 3. The maximum absolute atomic E-state index is 11.9. The topological polar surface area (TPSA) is 137 Å². The van der Waals surface area contributed by atoms with Crippen LogP contribution in [0.15, 0.2) is 30.5 Å². The Morgan fingerprint density at radius 3 is 2.14 bits per heavy atom. The molecule has 2 aromatic rings. The van der Waals surface area contributed by atoms with Crippen LogP contribution in [0.4, 0.5) is 23.1 Å². The van der Waals surface area contributed by atoms with Gasteiger partial charge >= 0.3 is 0 Å². The van der Waals surface area contributed by atoms with Gasteiger partial charge in [-0.3, -0.25) is 14.4 Å². The van der Waals surface area contributed by atoms with Gasteiger partial charge in [-0.15, -0.1) is 0 Å². The molecule has 0 spiro atoms. The zero-order chi connectivity index (χ0) is 25.7. The third-order valence-electron chi connectivity index (χ3n) is 6.89. The number of nitrogens with two attached hydrogens (primary N) is 1. The first-order valence-corrected chi connectivity index (χ1v) is 12.3. The number of nitrogens with one attached hydrogen (secondary N) is 2. The molecule has 0 atom stereocenters. The molecule has 1 aromatic heterocycles. The lowest BCUT2D eigenvalue weighted by atomic mass is 9.97. The highest BCUT2D eigenvalue weighted by atomic mass is 16.2. The van der Waals surface area contributed by atoms with Crippen LogP contribution in [0, 0.1) is 5.92 Å². The van der Waals surface area contributed by atoms with E-state index in [1.54, 1.807) is 13.8 Å². The molecule has 11 heteroatoms. The number of primary amides is 1. The minimum Gasteiger partial charge on any atom is -0.369 e. The lowest BCUT2D eigenvalue weighted by Gasteiger charge is -2.35. The van der Waals surface area contributed by atoms with E-state index in [4.69, 9.17) is 5.73 Å². The summed E-state index contributed by atoms with van der Waals surface area (Å²) in [4.78, 5) is 49.7. The second-order valence-corrected chi connectivity index (χ2v) is 9.32. The molecule has 3 amide bonds. The smallest absolute Gasteiger partial charge is 0.254 e. The zero-order valence-corrected chi connectivity index (χ0v) is 20.9. The summed E-state index contributed by atoms with van der Waals surface area (Å²) in [6, 6.07) is 7.95. The number of benzene rings is 1. The maximum Gasteiger partial charge on any atom is 0.254 e. The summed E-state index contributed by atoms with van der Waals surface area (Å²) in [6.45, 7) is 8.36. The van der Waals surface area contributed by atoms with Gasteiger partial charge in [-0.2, -0.15) is 4.98 Å². The SMILES string of the molecule is CC(=O)N1CCC(CNc2nc(Nc3ccc(N4CCN(C(C)=O)CC4)cc3)ncc2C(N)=O)CC1. The average molecular weight is 495 g/mol. The maximum atomic E-state index is 11.9. The number of hydrogen-bond donors (Lipinski definition) is 3. The molecule has 2 saturated heterocycles. The van der Waals surface area contributed by atoms with E-state index in [1.165, 1.54) is 6.20 Å². The summed E-state index contributed by atoms with van der Waals surface area (Å²) >= 11 is 0. The second-order valence-electron chi connectivity index (χ2n) is 9.32. The number of aromatic nitrogens is 2. The predicted molar refractivity (Wildman–Crippen MR) is 138 cm³/mol. The molecule has 36 heavy (non-hydrogen) atoms. The van der Waals surface area contributed by atoms with E-state index in [0.717, 1.165) is 63.5 Å². The Kier molecular flexibility index (Phi) is 7.87. The Labute approximate surface area is 211 Å². The van der Waals surface area contributed by atoms with E-state index < -0.39 is 5.91 Å². The van der Waals surface area contributed by atoms with Gasteiger partial charge in [0.15, 0.2) is 0 Å². The van der Waals surface area contributed by atoms with Gasteiger partial charge in [0.25, 0.3) is 5.91 Å². The number of carbonyl (C=O) groups is 3. The van der Waals surface area contributed by atoms with E-state index in [9.17, 15) is 14.4 Å². The summed E-state index contributed by atoms with van der Waals surface area (Å²) in [6.07, 6.45) is 3.22. The number of piperazine rings is 1. The summed E-state index contributed by atoms with van der Waals surface area (Å²) in [7, 11) is 0. The molecular formula is C25H34N8O3. The Morgan fingerprint density at radius 2 is 1.56 bits per heavy atom. The number of rotatable bonds is 7. The monoisotopic (exact) mass is 494 g/mol. The van der Waals surface area contributed by atoms with E-state index >= 15 is 0 Å². The predicted octanol–water partition coefficient (Wildman–Crippen LogP) is 1.66. The Bertz CT molecular complexity index is 1090. The minimum absolute atomic E-state index is 0.104. The molecule has 192 valence electrons. The number of hydrogen-bond acceptors (Lipinski definition) is 8. The Hall–Kier alpha value is -3.89. The fourth-order valence-corrected chi connectivity index (χ4v) is 4.61. The lowest BCUT2D eigenvalue weighted by Crippen LogP contribution is -2.48. The Balaban J connectivity index is 1.37. The number of nitrogens with zero attached hydrogens (tertiary/aromatic N) is 5. The summed E-state index contributed by atoms with van der Waals surface area (Å²) < 4.78 is 0. The standard InChI is InChI=1S/C25H34N8O3/c1-17(34)31-9-7-19(8-10-31)15-27-24-22(23(26)36)16-28-25(30-24)29-20-3-5-21(6-4-20)33-13-11-32(12-14-33)18(2)35/h3-6,16,19H,7-15H2,1-2H3,(H2,26,36)(H2,27,28,29,30). The molecule has 4 rings (SSSR count). The van der Waals surface area contributed by atoms with Crippen LogP contribution in [0.1, 0.15) is 37.0 Å². The quantitative estimate of drug-likeness (QED) is 0.529. The van der Waals surface area contributed by atoms with Gasteiger partial charge in [0.2, 0.25) is 17.8 Å². The molecule has 2 aliphatic rings. The van der Waals surface area contributed by atoms with Crippen LogP contribution in [-0.4, -0.2) is 83.3 Å². The molecule has 2 fully saturated rings. The van der Waals surface area contributed by atoms with Crippen molar-refractivity contribution in [3.8, 4) is 0 Å². The van der Waals surface area contributed by atoms with Crippen LogP contribution in [0.3, 0.4) is 0 Å². The molecule has 0 bridgehead atoms. The van der Waals surface area contributed by atoms with Gasteiger partial charge in [0.05, 0.1) is 5.56 Å². The van der Waals surface area contributed by atoms with Crippen LogP contribution in [0.5, 0.6) is 0 Å². The van der Waals surface area contributed by atoms with E-state index in [1.807, 2.05) is 34.1 Å². The van der Waals surface area contributed by atoms with Gasteiger partial charge in [0, 0.05) is 77.2 Å². The van der Waals surface area contributed by atoms with Gasteiger partial charge in [-0.05, 0) is 43.0 Å². The largest absolute Gasteiger partial charge is 0.369 e. The first-order valence-electron chi connectivity index (χ1n) is 12.3. The normalized spacial score (nSPS) is 16.6. The van der Waals surface area contributed by atoms with Crippen LogP contribution in [0.25, 0.3) is 0 Å². The summed E-state index contributed by atoms with van der Waals surface area (Å²) in [5.74, 6) is 0.754. The Morgan fingerprint density at radius 1 is 0.944 bits per heavy atom. The van der Waals surface area contributed by atoms with Crippen molar-refractivity contribution in [2.75, 3.05) is 61.3 Å². The van der Waals surface area contributed by atoms with E-state index in [0.29, 0.717) is 24.2 Å². The first kappa shape index (κ1) is 25.2. The molecule has 0 unspecified atom stereocenters. The fourth-order valence-electron chi connectivity index (χ4n) is 4.61. The average Bonchev–Trinajstić information content (AvgIpc) is 2.88. The summed E-state index contributed by atoms with van der Waals surface area (Å²) in [5, 5.41) is 6.46. The highest BCUT2D eigenvalue weighted by Gasteiger charge is 2.22. The lowest BCUT2D eigenvalue weighted by molar-refractivity contribution is -0.130. The summed E-state index contributed by atoms with van der Waals surface area (Å²) in [5.41, 5.74) is 7.68. The third-order valence-corrected chi connectivity index (χ3v) is 6.89. The molecule has 2 aliphatic heterocycles. The van der Waals surface area contributed by atoms with Gasteiger partial charge in [0.1, 0.15) is 5.82 Å². The molecule has 1 aromatic carbocycles. The van der Waals surface area contributed by atoms with Crippen molar-refractivity contribution in [2.24, 2.45) is 11.7 Å². The molecule has 0 aliphatic carbocycles. The van der Waals surface area contributed by atoms with Crippen molar-refractivity contribution in [2.45, 2.75) is 26.7 Å². The minimum atomic E-state index is -0.593. The first-order chi connectivity index (χ1) is 17.3. The van der Waals surface area contributed by atoms with Crippen LogP contribution in [-0.2, 0) is 9.59 Å². The van der Waals surface area contributed by atoms with Crippen LogP contribution < -0.4 is 21.3 Å². The van der Waals surface area contributed by atoms with Crippen molar-refractivity contribution >= 4 is 40.9 Å². The highest BCUT2D eigenvalue weighted by Crippen LogP contribution is 2.23. The second kappa shape index (κ2) is 11.2.